The van der Waals surface area contributed by atoms with Gasteiger partial charge < -0.3 is 28.9 Å². The van der Waals surface area contributed by atoms with Crippen LogP contribution in [0, 0.1) is 0 Å². The van der Waals surface area contributed by atoms with Gasteiger partial charge in [0, 0.05) is 77.2 Å². The van der Waals surface area contributed by atoms with E-state index < -0.39 is 23.2 Å². The molecule has 4 N–H and O–H groups in total. The zero-order valence-electron chi connectivity index (χ0n) is 42.7. The number of benzene rings is 6. The second kappa shape index (κ2) is 23.5. The predicted molar refractivity (Wildman–Crippen MR) is 295 cm³/mol. The van der Waals surface area contributed by atoms with E-state index in [-0.39, 0.29) is 37.7 Å². The molecule has 2 atom stereocenters. The number of rotatable bonds is 23. The Balaban J connectivity index is 0.874. The Labute approximate surface area is 443 Å². The van der Waals surface area contributed by atoms with Crippen LogP contribution in [0.4, 0.5) is 0 Å². The molecule has 0 aliphatic carbocycles. The minimum atomic E-state index is -0.757. The van der Waals surface area contributed by atoms with Crippen molar-refractivity contribution in [1.82, 2.24) is 59.5 Å². The minimum Gasteiger partial charge on any atom is -0.353 e. The lowest BCUT2D eigenvalue weighted by atomic mass is 9.77. The van der Waals surface area contributed by atoms with Crippen molar-refractivity contribution in [3.05, 3.63) is 288 Å². The van der Waals surface area contributed by atoms with Crippen molar-refractivity contribution in [2.45, 2.75) is 49.1 Å². The maximum atomic E-state index is 14.4. The van der Waals surface area contributed by atoms with Crippen LogP contribution in [0.2, 0.25) is 0 Å². The molecule has 4 heterocycles. The number of hydrogen-bond acceptors (Lipinski definition) is 8. The van der Waals surface area contributed by atoms with Crippen molar-refractivity contribution < 1.29 is 9.59 Å². The van der Waals surface area contributed by atoms with Crippen LogP contribution in [0.3, 0.4) is 0 Å². The zero-order valence-corrected chi connectivity index (χ0v) is 42.7. The van der Waals surface area contributed by atoms with Crippen molar-refractivity contribution in [3.63, 3.8) is 0 Å². The molecular weight excluding hydrogens is 945 g/mol. The summed E-state index contributed by atoms with van der Waals surface area (Å²) in [7, 11) is 3.86. The van der Waals surface area contributed by atoms with Crippen LogP contribution in [-0.2, 0) is 60.7 Å². The SMILES string of the molecule is Cn1ccnc1CN[C@@H](Cc1cn(C(c2ccccc2)(c2ccccc2)c2ccccc2)cn1)C(=O)NCCNC(=O)[C@H](Cc1cn(C(c2ccccc2)(c2ccccc2)c2ccccc2)cn1)NCc1nccn1C. The average Bonchev–Trinajstić information content (AvgIpc) is 4.38. The minimum absolute atomic E-state index is 0.188. The van der Waals surface area contributed by atoms with Crippen molar-refractivity contribution in [3.8, 4) is 0 Å². The zero-order chi connectivity index (χ0) is 52.2. The fraction of sp³-hybridized carbons (Fsp3) is 0.194. The molecule has 0 aliphatic heterocycles. The molecular formula is C62H62N12O2. The van der Waals surface area contributed by atoms with Gasteiger partial charge in [0.2, 0.25) is 11.8 Å². The molecule has 4 aromatic heterocycles. The number of aromatic nitrogens is 8. The summed E-state index contributed by atoms with van der Waals surface area (Å²) in [6.07, 6.45) is 15.6. The molecule has 0 saturated carbocycles. The molecule has 0 fully saturated rings. The lowest BCUT2D eigenvalue weighted by Crippen LogP contribution is -2.49. The molecule has 2 amide bonds. The van der Waals surface area contributed by atoms with E-state index in [0.717, 1.165) is 56.4 Å². The van der Waals surface area contributed by atoms with Crippen molar-refractivity contribution >= 4 is 11.8 Å². The van der Waals surface area contributed by atoms with Crippen LogP contribution in [0.1, 0.15) is 56.4 Å². The number of carbonyl (C=O) groups excluding carboxylic acids is 2. The second-order valence-corrected chi connectivity index (χ2v) is 18.9. The van der Waals surface area contributed by atoms with Gasteiger partial charge in [0.25, 0.3) is 0 Å². The summed E-state index contributed by atoms with van der Waals surface area (Å²) >= 11 is 0. The first-order valence-corrected chi connectivity index (χ1v) is 25.7. The van der Waals surface area contributed by atoms with Gasteiger partial charge in [-0.2, -0.15) is 0 Å². The maximum Gasteiger partial charge on any atom is 0.237 e. The highest BCUT2D eigenvalue weighted by Gasteiger charge is 2.40. The smallest absolute Gasteiger partial charge is 0.237 e. The highest BCUT2D eigenvalue weighted by molar-refractivity contribution is 5.83. The number of nitrogens with one attached hydrogen (secondary N) is 4. The van der Waals surface area contributed by atoms with Gasteiger partial charge in [-0.3, -0.25) is 20.2 Å². The maximum absolute atomic E-state index is 14.4. The van der Waals surface area contributed by atoms with Gasteiger partial charge in [-0.15, -0.1) is 0 Å². The largest absolute Gasteiger partial charge is 0.353 e. The molecule has 382 valence electrons. The third-order valence-corrected chi connectivity index (χ3v) is 14.2. The number of amides is 2. The highest BCUT2D eigenvalue weighted by atomic mass is 16.2. The van der Waals surface area contributed by atoms with Crippen LogP contribution in [0.5, 0.6) is 0 Å². The molecule has 0 spiro atoms. The molecule has 0 saturated heterocycles. The quantitative estimate of drug-likeness (QED) is 0.0379. The standard InChI is InChI=1S/C62H62N12O2/c1-71-37-35-63-57(71)41-67-55(39-53-43-73(45-69-53)61(47-21-9-3-10-22-47,48-23-11-4-12-24-48)49-25-13-5-14-26-49)59(75)65-33-34-66-60(76)56(68-42-58-64-36-38-72(58)2)40-54-44-74(46-70-54)62(50-27-15-6-16-28-50,51-29-17-7-18-30-51)52-31-19-8-20-32-52/h3-32,35-38,43-46,55-56,67-68H,33-34,39-42H2,1-2H3,(H,65,75)(H,66,76)/t55-,56-/m0/s1. The number of nitrogens with zero attached hydrogens (tertiary/aromatic N) is 8. The Hall–Kier alpha value is -8.98. The molecule has 0 unspecified atom stereocenters. The number of imidazole rings is 4. The Bertz CT molecular complexity index is 2990. The van der Waals surface area contributed by atoms with E-state index in [1.165, 1.54) is 0 Å². The van der Waals surface area contributed by atoms with Gasteiger partial charge in [0.15, 0.2) is 0 Å². The van der Waals surface area contributed by atoms with Crippen molar-refractivity contribution in [2.24, 2.45) is 14.1 Å². The first-order chi connectivity index (χ1) is 37.3. The van der Waals surface area contributed by atoms with Crippen LogP contribution in [0.25, 0.3) is 0 Å². The summed E-state index contributed by atoms with van der Waals surface area (Å²) in [6.45, 7) is 1.08. The van der Waals surface area contributed by atoms with Gasteiger partial charge in [-0.05, 0) is 33.4 Å². The van der Waals surface area contributed by atoms with E-state index in [0.29, 0.717) is 13.1 Å². The topological polar surface area (TPSA) is 154 Å². The fourth-order valence-electron chi connectivity index (χ4n) is 10.4. The van der Waals surface area contributed by atoms with Crippen LogP contribution in [-0.4, -0.2) is 75.2 Å². The van der Waals surface area contributed by atoms with Gasteiger partial charge in [0.05, 0.1) is 49.2 Å². The van der Waals surface area contributed by atoms with E-state index in [9.17, 15) is 9.59 Å². The Kier molecular flexibility index (Phi) is 15.6. The van der Waals surface area contributed by atoms with Gasteiger partial charge in [0.1, 0.15) is 22.7 Å². The molecule has 76 heavy (non-hydrogen) atoms. The molecule has 6 aromatic carbocycles. The third kappa shape index (κ3) is 10.7. The van der Waals surface area contributed by atoms with E-state index in [1.54, 1.807) is 12.4 Å². The lowest BCUT2D eigenvalue weighted by molar-refractivity contribution is -0.125. The summed E-state index contributed by atoms with van der Waals surface area (Å²) in [4.78, 5) is 47.7. The summed E-state index contributed by atoms with van der Waals surface area (Å²) in [6, 6.07) is 61.2. The van der Waals surface area contributed by atoms with Crippen molar-refractivity contribution in [2.75, 3.05) is 13.1 Å². The van der Waals surface area contributed by atoms with Crippen molar-refractivity contribution in [1.29, 1.82) is 0 Å². The summed E-state index contributed by atoms with van der Waals surface area (Å²) in [5.74, 6) is 1.11. The second-order valence-electron chi connectivity index (χ2n) is 18.9. The number of aryl methyl sites for hydroxylation is 2. The van der Waals surface area contributed by atoms with Crippen LogP contribution >= 0.6 is 0 Å². The number of hydrogen-bond donors (Lipinski definition) is 4. The monoisotopic (exact) mass is 1010 g/mol. The Morgan fingerprint density at radius 1 is 0.434 bits per heavy atom. The van der Waals surface area contributed by atoms with Crippen LogP contribution < -0.4 is 21.3 Å². The lowest BCUT2D eigenvalue weighted by Gasteiger charge is -2.37. The molecule has 14 heteroatoms. The molecule has 10 aromatic rings. The summed E-state index contributed by atoms with van der Waals surface area (Å²) < 4.78 is 8.16. The van der Waals surface area contributed by atoms with E-state index in [2.05, 4.69) is 186 Å². The summed E-state index contributed by atoms with van der Waals surface area (Å²) in [5, 5.41) is 13.2. The Morgan fingerprint density at radius 2 is 0.724 bits per heavy atom. The van der Waals surface area contributed by atoms with Gasteiger partial charge in [-0.25, -0.2) is 19.9 Å². The van der Waals surface area contributed by atoms with E-state index >= 15 is 0 Å². The van der Waals surface area contributed by atoms with Gasteiger partial charge >= 0.3 is 0 Å². The van der Waals surface area contributed by atoms with E-state index in [1.807, 2.05) is 97.1 Å². The van der Waals surface area contributed by atoms with Gasteiger partial charge in [-0.1, -0.05) is 182 Å². The first-order valence-electron chi connectivity index (χ1n) is 25.7. The molecule has 10 rings (SSSR count). The fourth-order valence-corrected chi connectivity index (χ4v) is 10.4. The molecule has 14 nitrogen and oxygen atoms in total. The van der Waals surface area contributed by atoms with Crippen LogP contribution in [0.15, 0.2) is 232 Å². The predicted octanol–water partition coefficient (Wildman–Crippen LogP) is 7.56. The van der Waals surface area contributed by atoms with E-state index in [4.69, 9.17) is 9.97 Å². The molecule has 0 aliphatic rings. The number of carbonyl (C=O) groups is 2. The normalized spacial score (nSPS) is 12.5. The Morgan fingerprint density at radius 3 is 0.987 bits per heavy atom. The molecule has 0 bridgehead atoms. The third-order valence-electron chi connectivity index (χ3n) is 14.2. The average molecular weight is 1010 g/mol. The first kappa shape index (κ1) is 50.5. The molecule has 0 radical (unpaired) electrons. The highest BCUT2D eigenvalue weighted by Crippen LogP contribution is 2.42. The summed E-state index contributed by atoms with van der Waals surface area (Å²) in [5.41, 5.74) is 6.36.